The number of hydrogen-bond donors (Lipinski definition) is 0. The molecule has 0 aromatic carbocycles. The number of fused-ring (bicyclic) bond motifs is 1. The maximum absolute atomic E-state index is 13.7. The molecule has 0 aromatic rings. The van der Waals surface area contributed by atoms with E-state index in [9.17, 15) is 14.4 Å². The number of ether oxygens (including phenoxy) is 1. The SMILES string of the molecule is CC(C)(C)OC(=O)N1C[C@H]2CCC[C@@]2(C(=O)N2CCC(CN3CCCCC3=O)CC2)C1. The molecule has 7 heteroatoms. The van der Waals surface area contributed by atoms with Gasteiger partial charge in [-0.05, 0) is 71.1 Å². The van der Waals surface area contributed by atoms with Crippen molar-refractivity contribution in [1.82, 2.24) is 14.7 Å². The van der Waals surface area contributed by atoms with Crippen LogP contribution in [0.1, 0.15) is 72.1 Å². The summed E-state index contributed by atoms with van der Waals surface area (Å²) in [5.74, 6) is 1.28. The van der Waals surface area contributed by atoms with Crippen LogP contribution in [0.25, 0.3) is 0 Å². The number of rotatable bonds is 3. The maximum atomic E-state index is 13.7. The Morgan fingerprint density at radius 2 is 1.77 bits per heavy atom. The normalized spacial score (nSPS) is 30.0. The van der Waals surface area contributed by atoms with Crippen LogP contribution in [0.15, 0.2) is 0 Å². The Hall–Kier alpha value is -1.79. The van der Waals surface area contributed by atoms with Gasteiger partial charge in [0.1, 0.15) is 5.60 Å². The van der Waals surface area contributed by atoms with Crippen molar-refractivity contribution in [2.24, 2.45) is 17.3 Å². The van der Waals surface area contributed by atoms with Gasteiger partial charge < -0.3 is 19.4 Å². The van der Waals surface area contributed by atoms with E-state index in [-0.39, 0.29) is 17.9 Å². The Morgan fingerprint density at radius 3 is 2.45 bits per heavy atom. The third-order valence-corrected chi connectivity index (χ3v) is 7.75. The highest BCUT2D eigenvalue weighted by Crippen LogP contribution is 2.50. The molecule has 7 nitrogen and oxygen atoms in total. The topological polar surface area (TPSA) is 70.2 Å². The Bertz CT molecular complexity index is 710. The average Bonchev–Trinajstić information content (AvgIpc) is 3.27. The molecule has 0 bridgehead atoms. The summed E-state index contributed by atoms with van der Waals surface area (Å²) in [7, 11) is 0. The van der Waals surface area contributed by atoms with Gasteiger partial charge in [-0.1, -0.05) is 6.42 Å². The number of amides is 3. The molecule has 1 saturated carbocycles. The van der Waals surface area contributed by atoms with Gasteiger partial charge in [0, 0.05) is 45.7 Å². The van der Waals surface area contributed by atoms with E-state index in [1.165, 1.54) is 0 Å². The van der Waals surface area contributed by atoms with Crippen LogP contribution in [0.2, 0.25) is 0 Å². The average molecular weight is 434 g/mol. The highest BCUT2D eigenvalue weighted by Gasteiger charge is 2.57. The second-order valence-corrected chi connectivity index (χ2v) is 11.1. The summed E-state index contributed by atoms with van der Waals surface area (Å²) >= 11 is 0. The molecule has 31 heavy (non-hydrogen) atoms. The minimum Gasteiger partial charge on any atom is -0.444 e. The number of likely N-dealkylation sites (tertiary alicyclic amines) is 3. The van der Waals surface area contributed by atoms with E-state index in [4.69, 9.17) is 4.74 Å². The van der Waals surface area contributed by atoms with Crippen molar-refractivity contribution in [1.29, 1.82) is 0 Å². The summed E-state index contributed by atoms with van der Waals surface area (Å²) in [5.41, 5.74) is -0.948. The zero-order chi connectivity index (χ0) is 22.2. The first-order valence-corrected chi connectivity index (χ1v) is 12.2. The standard InChI is InChI=1S/C24H39N3O4/c1-23(2,3)31-22(30)27-16-19-7-6-11-24(19,17-27)21(29)25-13-9-18(10-14-25)15-26-12-5-4-8-20(26)28/h18-19H,4-17H2,1-3H3/t19-,24-/m1/s1. The molecule has 2 atom stereocenters. The van der Waals surface area contributed by atoms with Crippen LogP contribution < -0.4 is 0 Å². The lowest BCUT2D eigenvalue weighted by atomic mass is 9.78. The van der Waals surface area contributed by atoms with Gasteiger partial charge in [0.05, 0.1) is 5.41 Å². The molecular formula is C24H39N3O4. The van der Waals surface area contributed by atoms with Crippen molar-refractivity contribution in [3.63, 3.8) is 0 Å². The summed E-state index contributed by atoms with van der Waals surface area (Å²) < 4.78 is 5.58. The predicted octanol–water partition coefficient (Wildman–Crippen LogP) is 3.27. The van der Waals surface area contributed by atoms with Crippen LogP contribution in [0, 0.1) is 17.3 Å². The van der Waals surface area contributed by atoms with Crippen molar-refractivity contribution >= 4 is 17.9 Å². The monoisotopic (exact) mass is 433 g/mol. The van der Waals surface area contributed by atoms with Gasteiger partial charge in [-0.3, -0.25) is 9.59 Å². The van der Waals surface area contributed by atoms with E-state index < -0.39 is 11.0 Å². The molecular weight excluding hydrogens is 394 g/mol. The second-order valence-electron chi connectivity index (χ2n) is 11.1. The minimum absolute atomic E-state index is 0.244. The molecule has 3 amide bonds. The van der Waals surface area contributed by atoms with Gasteiger partial charge in [0.15, 0.2) is 0 Å². The summed E-state index contributed by atoms with van der Waals surface area (Å²) in [4.78, 5) is 44.3. The molecule has 0 radical (unpaired) electrons. The molecule has 4 rings (SSSR count). The first-order valence-electron chi connectivity index (χ1n) is 12.2. The van der Waals surface area contributed by atoms with E-state index >= 15 is 0 Å². The van der Waals surface area contributed by atoms with Crippen LogP contribution in [0.5, 0.6) is 0 Å². The highest BCUT2D eigenvalue weighted by molar-refractivity contribution is 5.85. The lowest BCUT2D eigenvalue weighted by molar-refractivity contribution is -0.145. The molecule has 0 N–H and O–H groups in total. The fraction of sp³-hybridized carbons (Fsp3) is 0.875. The van der Waals surface area contributed by atoms with Gasteiger partial charge in [-0.25, -0.2) is 4.79 Å². The van der Waals surface area contributed by atoms with Crippen molar-refractivity contribution in [3.8, 4) is 0 Å². The van der Waals surface area contributed by atoms with Gasteiger partial charge in [0.25, 0.3) is 0 Å². The fourth-order valence-electron chi connectivity index (χ4n) is 6.10. The summed E-state index contributed by atoms with van der Waals surface area (Å²) in [6, 6.07) is 0. The Kier molecular flexibility index (Phi) is 6.23. The lowest BCUT2D eigenvalue weighted by Gasteiger charge is -2.40. The summed E-state index contributed by atoms with van der Waals surface area (Å²) in [6.07, 6.45) is 7.40. The minimum atomic E-state index is -0.524. The molecule has 4 aliphatic rings. The third kappa shape index (κ3) is 4.70. The second kappa shape index (κ2) is 8.62. The first kappa shape index (κ1) is 22.4. The van der Waals surface area contributed by atoms with Crippen LogP contribution in [-0.2, 0) is 14.3 Å². The van der Waals surface area contributed by atoms with E-state index in [0.717, 1.165) is 71.1 Å². The summed E-state index contributed by atoms with van der Waals surface area (Å²) in [5, 5.41) is 0. The molecule has 3 heterocycles. The Balaban J connectivity index is 1.34. The Morgan fingerprint density at radius 1 is 1.03 bits per heavy atom. The summed E-state index contributed by atoms with van der Waals surface area (Å²) in [6.45, 7) is 10.0. The molecule has 0 spiro atoms. The maximum Gasteiger partial charge on any atom is 0.410 e. The number of piperidine rings is 2. The highest BCUT2D eigenvalue weighted by atomic mass is 16.6. The van der Waals surface area contributed by atoms with Crippen molar-refractivity contribution in [2.75, 3.05) is 39.3 Å². The van der Waals surface area contributed by atoms with Crippen molar-refractivity contribution < 1.29 is 19.1 Å². The molecule has 3 aliphatic heterocycles. The van der Waals surface area contributed by atoms with Gasteiger partial charge in [-0.15, -0.1) is 0 Å². The molecule has 1 aliphatic carbocycles. The molecule has 3 saturated heterocycles. The van der Waals surface area contributed by atoms with Crippen LogP contribution in [-0.4, -0.2) is 77.5 Å². The van der Waals surface area contributed by atoms with E-state index in [1.807, 2.05) is 30.6 Å². The van der Waals surface area contributed by atoms with Gasteiger partial charge in [0.2, 0.25) is 11.8 Å². The zero-order valence-corrected chi connectivity index (χ0v) is 19.5. The zero-order valence-electron chi connectivity index (χ0n) is 19.5. The van der Waals surface area contributed by atoms with E-state index in [2.05, 4.69) is 0 Å². The van der Waals surface area contributed by atoms with E-state index in [0.29, 0.717) is 31.3 Å². The fourth-order valence-corrected chi connectivity index (χ4v) is 6.10. The van der Waals surface area contributed by atoms with Gasteiger partial charge >= 0.3 is 6.09 Å². The van der Waals surface area contributed by atoms with Crippen molar-refractivity contribution in [2.45, 2.75) is 77.7 Å². The molecule has 0 unspecified atom stereocenters. The van der Waals surface area contributed by atoms with Gasteiger partial charge in [-0.2, -0.15) is 0 Å². The van der Waals surface area contributed by atoms with Crippen LogP contribution in [0.4, 0.5) is 4.79 Å². The number of carbonyl (C=O) groups excluding carboxylic acids is 3. The lowest BCUT2D eigenvalue weighted by Crippen LogP contribution is -2.51. The first-order chi connectivity index (χ1) is 14.7. The number of carbonyl (C=O) groups is 3. The van der Waals surface area contributed by atoms with Crippen molar-refractivity contribution in [3.05, 3.63) is 0 Å². The largest absolute Gasteiger partial charge is 0.444 e. The third-order valence-electron chi connectivity index (χ3n) is 7.75. The quantitative estimate of drug-likeness (QED) is 0.685. The number of hydrogen-bond acceptors (Lipinski definition) is 4. The smallest absolute Gasteiger partial charge is 0.410 e. The molecule has 4 fully saturated rings. The van der Waals surface area contributed by atoms with Crippen LogP contribution >= 0.6 is 0 Å². The number of nitrogens with zero attached hydrogens (tertiary/aromatic N) is 3. The van der Waals surface area contributed by atoms with E-state index in [1.54, 1.807) is 4.90 Å². The molecule has 0 aromatic heterocycles. The molecule has 174 valence electrons. The van der Waals surface area contributed by atoms with Crippen LogP contribution in [0.3, 0.4) is 0 Å². The Labute approximate surface area is 186 Å². The predicted molar refractivity (Wildman–Crippen MR) is 117 cm³/mol.